The Balaban J connectivity index is 1.07. The minimum atomic E-state index is -0.183. The van der Waals surface area contributed by atoms with Crippen LogP contribution in [-0.4, -0.2) is 11.1 Å². The Morgan fingerprint density at radius 1 is 0.556 bits per heavy atom. The monoisotopic (exact) mass is 410 g/mol. The van der Waals surface area contributed by atoms with Gasteiger partial charge in [0.15, 0.2) is 0 Å². The highest BCUT2D eigenvalue weighted by Gasteiger charge is 2.53. The van der Waals surface area contributed by atoms with Gasteiger partial charge in [0.2, 0.25) is 0 Å². The summed E-state index contributed by atoms with van der Waals surface area (Å²) in [5, 5.41) is 0. The number of hydrogen-bond acceptors (Lipinski definition) is 1. The van der Waals surface area contributed by atoms with Gasteiger partial charge in [-0.05, 0) is 136 Å². The Kier molecular flexibility index (Phi) is 4.42. The van der Waals surface area contributed by atoms with E-state index in [-0.39, 0.29) is 11.1 Å². The summed E-state index contributed by atoms with van der Waals surface area (Å²) in [5.41, 5.74) is 0.604. The lowest BCUT2D eigenvalue weighted by Crippen LogP contribution is -2.48. The molecule has 0 aromatic rings. The largest absolute Gasteiger partial charge is 0.344 e. The van der Waals surface area contributed by atoms with E-state index in [1.54, 1.807) is 0 Å². The number of rotatable bonds is 6. The summed E-state index contributed by atoms with van der Waals surface area (Å²) in [4.78, 5) is 0. The van der Waals surface area contributed by atoms with Gasteiger partial charge in [0.25, 0.3) is 0 Å². The second-order valence-electron chi connectivity index (χ2n) is 12.2. The quantitative estimate of drug-likeness (QED) is 0.415. The number of ether oxygens (including phenoxy) is 1. The molecule has 8 rings (SSSR count). The van der Waals surface area contributed by atoms with E-state index in [0.29, 0.717) is 10.8 Å². The molecule has 0 aromatic heterocycles. The summed E-state index contributed by atoms with van der Waals surface area (Å²) >= 11 is 13.6. The van der Waals surface area contributed by atoms with E-state index < -0.39 is 0 Å². The SMILES string of the molecule is ClC(CC12CC3CC(CC(C3)C1)C2)OC(Cl)CC12CC3CC(CC(C3)C1)C2. The van der Waals surface area contributed by atoms with Crippen LogP contribution in [-0.2, 0) is 4.74 Å². The molecule has 0 heterocycles. The molecule has 8 saturated carbocycles. The molecule has 0 aromatic carbocycles. The van der Waals surface area contributed by atoms with E-state index in [2.05, 4.69) is 0 Å². The van der Waals surface area contributed by atoms with E-state index in [9.17, 15) is 0 Å². The lowest BCUT2D eigenvalue weighted by Gasteiger charge is -2.58. The maximum atomic E-state index is 6.79. The maximum absolute atomic E-state index is 6.79. The van der Waals surface area contributed by atoms with E-state index >= 15 is 0 Å². The normalized spacial score (nSPS) is 54.4. The van der Waals surface area contributed by atoms with Crippen LogP contribution in [0.1, 0.15) is 89.9 Å². The Bertz CT molecular complexity index is 466. The van der Waals surface area contributed by atoms with Crippen LogP contribution >= 0.6 is 23.2 Å². The highest BCUT2D eigenvalue weighted by molar-refractivity contribution is 6.21. The molecule has 8 fully saturated rings. The van der Waals surface area contributed by atoms with Crippen LogP contribution in [0.15, 0.2) is 0 Å². The molecule has 0 aliphatic heterocycles. The molecule has 3 heteroatoms. The van der Waals surface area contributed by atoms with Crippen LogP contribution in [0.4, 0.5) is 0 Å². The summed E-state index contributed by atoms with van der Waals surface area (Å²) in [5.74, 6) is 5.91. The van der Waals surface area contributed by atoms with Gasteiger partial charge in [-0.1, -0.05) is 23.2 Å². The second-order valence-corrected chi connectivity index (χ2v) is 13.2. The van der Waals surface area contributed by atoms with Crippen LogP contribution < -0.4 is 0 Å². The molecular formula is C24H36Cl2O. The zero-order chi connectivity index (χ0) is 18.2. The first-order valence-corrected chi connectivity index (χ1v) is 12.8. The predicted octanol–water partition coefficient (Wildman–Crippen LogP) is 7.35. The van der Waals surface area contributed by atoms with Gasteiger partial charge in [-0.2, -0.15) is 0 Å². The van der Waals surface area contributed by atoms with Crippen molar-refractivity contribution in [1.29, 1.82) is 0 Å². The van der Waals surface area contributed by atoms with Gasteiger partial charge < -0.3 is 4.74 Å². The van der Waals surface area contributed by atoms with Crippen LogP contribution in [0.3, 0.4) is 0 Å². The lowest BCUT2D eigenvalue weighted by atomic mass is 9.49. The molecule has 8 aliphatic rings. The fourth-order valence-corrected chi connectivity index (χ4v) is 11.0. The third-order valence-corrected chi connectivity index (χ3v) is 10.3. The topological polar surface area (TPSA) is 9.23 Å². The van der Waals surface area contributed by atoms with Crippen molar-refractivity contribution in [2.45, 2.75) is 101 Å². The summed E-state index contributed by atoms with van der Waals surface area (Å²) in [7, 11) is 0. The van der Waals surface area contributed by atoms with E-state index in [1.807, 2.05) is 0 Å². The average Bonchev–Trinajstić information content (AvgIpc) is 2.50. The number of hydrogen-bond donors (Lipinski definition) is 0. The van der Waals surface area contributed by atoms with Crippen molar-refractivity contribution in [2.24, 2.45) is 46.3 Å². The van der Waals surface area contributed by atoms with Gasteiger partial charge in [0.05, 0.1) is 0 Å². The van der Waals surface area contributed by atoms with Crippen LogP contribution in [0, 0.1) is 46.3 Å². The first-order valence-electron chi connectivity index (χ1n) is 11.9. The fraction of sp³-hybridized carbons (Fsp3) is 1.00. The van der Waals surface area contributed by atoms with E-state index in [1.165, 1.54) is 77.0 Å². The molecule has 8 aliphatic carbocycles. The Hall–Kier alpha value is 0.540. The van der Waals surface area contributed by atoms with Gasteiger partial charge >= 0.3 is 0 Å². The third-order valence-electron chi connectivity index (χ3n) is 9.81. The van der Waals surface area contributed by atoms with Crippen LogP contribution in [0.5, 0.6) is 0 Å². The molecular weight excluding hydrogens is 375 g/mol. The zero-order valence-electron chi connectivity index (χ0n) is 16.7. The Morgan fingerprint density at radius 3 is 1.07 bits per heavy atom. The highest BCUT2D eigenvalue weighted by Crippen LogP contribution is 2.63. The molecule has 8 bridgehead atoms. The minimum absolute atomic E-state index is 0.183. The van der Waals surface area contributed by atoms with Gasteiger partial charge in [-0.3, -0.25) is 0 Å². The van der Waals surface area contributed by atoms with Gasteiger partial charge in [-0.25, -0.2) is 0 Å². The predicted molar refractivity (Wildman–Crippen MR) is 111 cm³/mol. The lowest BCUT2D eigenvalue weighted by molar-refractivity contribution is -0.0939. The summed E-state index contributed by atoms with van der Waals surface area (Å²) < 4.78 is 6.26. The molecule has 0 spiro atoms. The average molecular weight is 411 g/mol. The molecule has 0 saturated heterocycles. The Labute approximate surface area is 175 Å². The first kappa shape index (κ1) is 18.3. The summed E-state index contributed by atoms with van der Waals surface area (Å²) in [6, 6.07) is 0. The molecule has 2 atom stereocenters. The highest BCUT2D eigenvalue weighted by atomic mass is 35.5. The first-order chi connectivity index (χ1) is 13.0. The third kappa shape index (κ3) is 3.40. The maximum Gasteiger partial charge on any atom is 0.133 e. The molecule has 0 N–H and O–H groups in total. The van der Waals surface area contributed by atoms with Gasteiger partial charge in [0, 0.05) is 0 Å². The molecule has 0 amide bonds. The second kappa shape index (κ2) is 6.52. The van der Waals surface area contributed by atoms with Gasteiger partial charge in [-0.15, -0.1) is 0 Å². The van der Waals surface area contributed by atoms with Crippen LogP contribution in [0.25, 0.3) is 0 Å². The zero-order valence-corrected chi connectivity index (χ0v) is 18.2. The molecule has 1 nitrogen and oxygen atoms in total. The molecule has 27 heavy (non-hydrogen) atoms. The summed E-state index contributed by atoms with van der Waals surface area (Å²) in [6.07, 6.45) is 19.5. The smallest absolute Gasteiger partial charge is 0.133 e. The van der Waals surface area contributed by atoms with Crippen molar-refractivity contribution in [1.82, 2.24) is 0 Å². The van der Waals surface area contributed by atoms with Crippen molar-refractivity contribution in [2.75, 3.05) is 0 Å². The summed E-state index contributed by atoms with van der Waals surface area (Å²) in [6.45, 7) is 0. The van der Waals surface area contributed by atoms with Crippen molar-refractivity contribution < 1.29 is 4.74 Å². The van der Waals surface area contributed by atoms with E-state index in [0.717, 1.165) is 48.3 Å². The van der Waals surface area contributed by atoms with Crippen molar-refractivity contribution in [3.63, 3.8) is 0 Å². The van der Waals surface area contributed by atoms with Crippen molar-refractivity contribution >= 4 is 23.2 Å². The molecule has 0 radical (unpaired) electrons. The minimum Gasteiger partial charge on any atom is -0.344 e. The number of alkyl halides is 2. The Morgan fingerprint density at radius 2 is 0.815 bits per heavy atom. The van der Waals surface area contributed by atoms with Crippen LogP contribution in [0.2, 0.25) is 0 Å². The fourth-order valence-electron chi connectivity index (χ4n) is 10.0. The van der Waals surface area contributed by atoms with E-state index in [4.69, 9.17) is 27.9 Å². The molecule has 152 valence electrons. The standard InChI is InChI=1S/C24H36Cl2O/c25-21(13-23-7-15-1-16(8-23)3-17(2-15)9-23)27-22(26)14-24-10-18-4-19(11-24)6-20(5-18)12-24/h15-22H,1-14H2. The van der Waals surface area contributed by atoms with Crippen molar-refractivity contribution in [3.8, 4) is 0 Å². The molecule has 2 unspecified atom stereocenters. The number of halogens is 2. The van der Waals surface area contributed by atoms with Crippen molar-refractivity contribution in [3.05, 3.63) is 0 Å². The van der Waals surface area contributed by atoms with Gasteiger partial charge in [0.1, 0.15) is 11.1 Å².